The molecule has 2 rings (SSSR count). The fourth-order valence-electron chi connectivity index (χ4n) is 2.26. The summed E-state index contributed by atoms with van der Waals surface area (Å²) in [4.78, 5) is 0. The van der Waals surface area contributed by atoms with E-state index in [0.29, 0.717) is 6.61 Å². The lowest BCUT2D eigenvalue weighted by Gasteiger charge is -2.38. The molecule has 17 heavy (non-hydrogen) atoms. The molecule has 0 radical (unpaired) electrons. The van der Waals surface area contributed by atoms with Crippen molar-refractivity contribution in [2.24, 2.45) is 5.73 Å². The van der Waals surface area contributed by atoms with Crippen molar-refractivity contribution >= 4 is 15.9 Å². The quantitative estimate of drug-likeness (QED) is 0.933. The van der Waals surface area contributed by atoms with Gasteiger partial charge in [-0.25, -0.2) is 0 Å². The molecule has 0 bridgehead atoms. The molecule has 1 aromatic carbocycles. The van der Waals surface area contributed by atoms with Gasteiger partial charge in [-0.1, -0.05) is 22.0 Å². The minimum Gasteiger partial charge on any atom is -0.487 e. The van der Waals surface area contributed by atoms with Crippen molar-refractivity contribution in [2.45, 2.75) is 31.4 Å². The highest BCUT2D eigenvalue weighted by atomic mass is 79.9. The molecule has 0 aromatic heterocycles. The zero-order valence-corrected chi connectivity index (χ0v) is 11.8. The number of hydrogen-bond donors (Lipinski definition) is 1. The third-order valence-electron chi connectivity index (χ3n) is 3.22. The topological polar surface area (TPSA) is 44.5 Å². The SMILES string of the molecule is COCCC1(C)C[C@@H](N)c2ccc(Br)cc2O1. The van der Waals surface area contributed by atoms with Crippen LogP contribution in [0.15, 0.2) is 22.7 Å². The van der Waals surface area contributed by atoms with Gasteiger partial charge >= 0.3 is 0 Å². The summed E-state index contributed by atoms with van der Waals surface area (Å²) < 4.78 is 12.2. The molecule has 1 aliphatic rings. The molecule has 1 aliphatic heterocycles. The third kappa shape index (κ3) is 2.81. The molecule has 1 unspecified atom stereocenters. The summed E-state index contributed by atoms with van der Waals surface area (Å²) in [6, 6.07) is 6.05. The van der Waals surface area contributed by atoms with Crippen LogP contribution >= 0.6 is 15.9 Å². The Morgan fingerprint density at radius 1 is 1.59 bits per heavy atom. The van der Waals surface area contributed by atoms with Gasteiger partial charge in [0.15, 0.2) is 0 Å². The maximum Gasteiger partial charge on any atom is 0.126 e. The van der Waals surface area contributed by atoms with E-state index in [1.807, 2.05) is 18.2 Å². The van der Waals surface area contributed by atoms with Crippen LogP contribution in [0.2, 0.25) is 0 Å². The summed E-state index contributed by atoms with van der Waals surface area (Å²) in [6.07, 6.45) is 1.67. The molecule has 3 nitrogen and oxygen atoms in total. The second kappa shape index (κ2) is 4.96. The number of fused-ring (bicyclic) bond motifs is 1. The molecule has 4 heteroatoms. The third-order valence-corrected chi connectivity index (χ3v) is 3.71. The normalized spacial score (nSPS) is 27.4. The molecule has 0 saturated heterocycles. The number of nitrogens with two attached hydrogens (primary N) is 1. The fourth-order valence-corrected chi connectivity index (χ4v) is 2.60. The first-order chi connectivity index (χ1) is 8.04. The van der Waals surface area contributed by atoms with Gasteiger partial charge in [0.25, 0.3) is 0 Å². The molecule has 2 N–H and O–H groups in total. The van der Waals surface area contributed by atoms with Gasteiger partial charge in [-0.15, -0.1) is 0 Å². The van der Waals surface area contributed by atoms with Crippen LogP contribution in [0.3, 0.4) is 0 Å². The fraction of sp³-hybridized carbons (Fsp3) is 0.538. The Kier molecular flexibility index (Phi) is 3.76. The van der Waals surface area contributed by atoms with Crippen molar-refractivity contribution in [1.82, 2.24) is 0 Å². The van der Waals surface area contributed by atoms with Gasteiger partial charge in [0.2, 0.25) is 0 Å². The second-order valence-corrected chi connectivity index (χ2v) is 5.70. The smallest absolute Gasteiger partial charge is 0.126 e. The van der Waals surface area contributed by atoms with Gasteiger partial charge in [-0.05, 0) is 19.1 Å². The van der Waals surface area contributed by atoms with E-state index in [4.69, 9.17) is 15.2 Å². The summed E-state index contributed by atoms with van der Waals surface area (Å²) in [5, 5.41) is 0. The lowest BCUT2D eigenvalue weighted by atomic mass is 9.87. The Labute approximate surface area is 110 Å². The van der Waals surface area contributed by atoms with E-state index in [-0.39, 0.29) is 11.6 Å². The van der Waals surface area contributed by atoms with Crippen LogP contribution in [0.1, 0.15) is 31.4 Å². The van der Waals surface area contributed by atoms with Crippen LogP contribution in [0, 0.1) is 0 Å². The van der Waals surface area contributed by atoms with Gasteiger partial charge in [-0.2, -0.15) is 0 Å². The first-order valence-corrected chi connectivity index (χ1v) is 6.56. The Balaban J connectivity index is 2.25. The summed E-state index contributed by atoms with van der Waals surface area (Å²) in [5.74, 6) is 0.886. The van der Waals surface area contributed by atoms with Crippen molar-refractivity contribution in [3.05, 3.63) is 28.2 Å². The van der Waals surface area contributed by atoms with Gasteiger partial charge in [-0.3, -0.25) is 0 Å². The first kappa shape index (κ1) is 12.9. The number of hydrogen-bond acceptors (Lipinski definition) is 3. The number of rotatable bonds is 3. The van der Waals surface area contributed by atoms with E-state index in [2.05, 4.69) is 22.9 Å². The summed E-state index contributed by atoms with van der Waals surface area (Å²) >= 11 is 3.46. The van der Waals surface area contributed by atoms with Crippen molar-refractivity contribution in [3.63, 3.8) is 0 Å². The highest BCUT2D eigenvalue weighted by Crippen LogP contribution is 2.40. The molecule has 1 aromatic rings. The zero-order chi connectivity index (χ0) is 12.5. The predicted octanol–water partition coefficient (Wildman–Crippen LogP) is 3.03. The molecule has 94 valence electrons. The maximum atomic E-state index is 6.21. The standard InChI is InChI=1S/C13H18BrNO2/c1-13(5-6-16-2)8-11(15)10-4-3-9(14)7-12(10)17-13/h3-4,7,11H,5-6,8,15H2,1-2H3/t11-,13?/m1/s1. The lowest BCUT2D eigenvalue weighted by Crippen LogP contribution is -2.41. The van der Waals surface area contributed by atoms with Crippen molar-refractivity contribution in [1.29, 1.82) is 0 Å². The molecule has 0 saturated carbocycles. The number of ether oxygens (including phenoxy) is 2. The molecule has 0 aliphatic carbocycles. The molecular formula is C13H18BrNO2. The zero-order valence-electron chi connectivity index (χ0n) is 10.2. The van der Waals surface area contributed by atoms with Crippen molar-refractivity contribution in [3.8, 4) is 5.75 Å². The van der Waals surface area contributed by atoms with Crippen LogP contribution in [0.25, 0.3) is 0 Å². The highest BCUT2D eigenvalue weighted by Gasteiger charge is 2.35. The van der Waals surface area contributed by atoms with Gasteiger partial charge in [0.1, 0.15) is 11.4 Å². The van der Waals surface area contributed by atoms with Gasteiger partial charge < -0.3 is 15.2 Å². The van der Waals surface area contributed by atoms with Crippen LogP contribution in [0.5, 0.6) is 5.75 Å². The van der Waals surface area contributed by atoms with E-state index in [1.54, 1.807) is 7.11 Å². The molecule has 2 atom stereocenters. The number of benzene rings is 1. The van der Waals surface area contributed by atoms with Crippen molar-refractivity contribution < 1.29 is 9.47 Å². The van der Waals surface area contributed by atoms with Crippen LogP contribution in [-0.4, -0.2) is 19.3 Å². The monoisotopic (exact) mass is 299 g/mol. The van der Waals surface area contributed by atoms with Crippen LogP contribution in [0.4, 0.5) is 0 Å². The van der Waals surface area contributed by atoms with Gasteiger partial charge in [0, 0.05) is 42.6 Å². The van der Waals surface area contributed by atoms with E-state index < -0.39 is 0 Å². The lowest BCUT2D eigenvalue weighted by molar-refractivity contribution is 0.0215. The molecule has 0 amide bonds. The Hall–Kier alpha value is -0.580. The van der Waals surface area contributed by atoms with E-state index in [0.717, 1.165) is 28.6 Å². The maximum absolute atomic E-state index is 6.21. The summed E-state index contributed by atoms with van der Waals surface area (Å²) in [7, 11) is 1.71. The van der Waals surface area contributed by atoms with Gasteiger partial charge in [0.05, 0.1) is 0 Å². The predicted molar refractivity (Wildman–Crippen MR) is 71.2 cm³/mol. The first-order valence-electron chi connectivity index (χ1n) is 5.77. The largest absolute Gasteiger partial charge is 0.487 e. The van der Waals surface area contributed by atoms with E-state index in [1.165, 1.54) is 0 Å². The molecule has 1 heterocycles. The molecular weight excluding hydrogens is 282 g/mol. The highest BCUT2D eigenvalue weighted by molar-refractivity contribution is 9.10. The Morgan fingerprint density at radius 3 is 3.06 bits per heavy atom. The summed E-state index contributed by atoms with van der Waals surface area (Å²) in [5.41, 5.74) is 7.06. The average molecular weight is 300 g/mol. The average Bonchev–Trinajstić information content (AvgIpc) is 2.25. The van der Waals surface area contributed by atoms with Crippen molar-refractivity contribution in [2.75, 3.05) is 13.7 Å². The summed E-state index contributed by atoms with van der Waals surface area (Å²) in [6.45, 7) is 2.78. The van der Waals surface area contributed by atoms with E-state index >= 15 is 0 Å². The molecule has 0 fully saturated rings. The second-order valence-electron chi connectivity index (χ2n) is 4.79. The minimum atomic E-state index is -0.233. The van der Waals surface area contributed by atoms with Crippen LogP contribution in [-0.2, 0) is 4.74 Å². The number of methoxy groups -OCH3 is 1. The minimum absolute atomic E-state index is 0.0358. The molecule has 0 spiro atoms. The van der Waals surface area contributed by atoms with Crippen LogP contribution < -0.4 is 10.5 Å². The Bertz CT molecular complexity index is 410. The Morgan fingerprint density at radius 2 is 2.35 bits per heavy atom. The van der Waals surface area contributed by atoms with E-state index in [9.17, 15) is 0 Å². The number of halogens is 1.